The number of hydrogen-bond acceptors (Lipinski definition) is 8. The fourth-order valence-electron chi connectivity index (χ4n) is 13.2. The summed E-state index contributed by atoms with van der Waals surface area (Å²) in [6.07, 6.45) is 96.2. The second-order valence-electron chi connectivity index (χ2n) is 30.5. The van der Waals surface area contributed by atoms with Crippen LogP contribution in [0.1, 0.15) is 450 Å². The van der Waals surface area contributed by atoms with Crippen LogP contribution in [-0.2, 0) is 33.3 Å². The minimum Gasteiger partial charge on any atom is -0.545 e. The van der Waals surface area contributed by atoms with Crippen LogP contribution in [0.3, 0.4) is 0 Å². The van der Waals surface area contributed by atoms with Gasteiger partial charge in [0.15, 0.2) is 12.4 Å². The predicted octanol–water partition coefficient (Wildman–Crippen LogP) is 25.9. The van der Waals surface area contributed by atoms with Crippen LogP contribution < -0.4 is 5.11 Å². The van der Waals surface area contributed by atoms with Gasteiger partial charge < -0.3 is 33.3 Å². The number of hydrogen-bond donors (Lipinski definition) is 0. The molecule has 0 N–H and O–H groups in total. The number of quaternary nitrogens is 1. The predicted molar refractivity (Wildman–Crippen MR) is 408 cm³/mol. The molecule has 9 nitrogen and oxygen atoms in total. The molecular weight excluding hydrogens is 1170 g/mol. The second-order valence-corrected chi connectivity index (χ2v) is 30.5. The van der Waals surface area contributed by atoms with Gasteiger partial charge in [0.05, 0.1) is 40.3 Å². The van der Waals surface area contributed by atoms with Crippen LogP contribution in [0.4, 0.5) is 0 Å². The molecule has 0 aromatic rings. The fourth-order valence-corrected chi connectivity index (χ4v) is 13.2. The molecule has 0 heterocycles. The summed E-state index contributed by atoms with van der Waals surface area (Å²) in [5.74, 6) is -2.24. The summed E-state index contributed by atoms with van der Waals surface area (Å²) in [5, 5.41) is 11.9. The third-order valence-electron chi connectivity index (χ3n) is 19.7. The van der Waals surface area contributed by atoms with Gasteiger partial charge in [-0.3, -0.25) is 9.59 Å². The van der Waals surface area contributed by atoms with Crippen LogP contribution >= 0.6 is 0 Å². The first kappa shape index (κ1) is 92.8. The summed E-state index contributed by atoms with van der Waals surface area (Å²) in [5.41, 5.74) is 0. The van der Waals surface area contributed by atoms with E-state index in [4.69, 9.17) is 18.9 Å². The number of allylic oxidation sites excluding steroid dienone is 4. The molecular formula is C86H165NO8. The van der Waals surface area contributed by atoms with Gasteiger partial charge in [0, 0.05) is 12.8 Å². The van der Waals surface area contributed by atoms with Crippen molar-refractivity contribution in [3.05, 3.63) is 24.3 Å². The number of unbranched alkanes of at least 4 members (excludes halogenated alkanes) is 62. The van der Waals surface area contributed by atoms with E-state index in [1.165, 1.54) is 379 Å². The molecule has 0 saturated heterocycles. The van der Waals surface area contributed by atoms with E-state index in [0.29, 0.717) is 17.4 Å². The maximum atomic E-state index is 13.0. The van der Waals surface area contributed by atoms with E-state index in [9.17, 15) is 19.5 Å². The third-order valence-corrected chi connectivity index (χ3v) is 19.7. The van der Waals surface area contributed by atoms with Crippen molar-refractivity contribution in [2.24, 2.45) is 0 Å². The molecule has 95 heavy (non-hydrogen) atoms. The van der Waals surface area contributed by atoms with Gasteiger partial charge in [0.2, 0.25) is 0 Å². The molecule has 0 rings (SSSR count). The number of likely N-dealkylation sites (N-methyl/N-ethyl adjacent to an activating group) is 1. The number of rotatable bonds is 81. The molecule has 0 aliphatic heterocycles. The Morgan fingerprint density at radius 1 is 0.316 bits per heavy atom. The summed E-state index contributed by atoms with van der Waals surface area (Å²) < 4.78 is 22.9. The van der Waals surface area contributed by atoms with Crippen LogP contribution in [-0.4, -0.2) is 82.3 Å². The molecule has 0 spiro atoms. The van der Waals surface area contributed by atoms with Crippen LogP contribution in [0.25, 0.3) is 0 Å². The van der Waals surface area contributed by atoms with Gasteiger partial charge in [0.1, 0.15) is 13.2 Å². The lowest BCUT2D eigenvalue weighted by Crippen LogP contribution is -2.44. The second kappa shape index (κ2) is 77.5. The highest BCUT2D eigenvalue weighted by molar-refractivity contribution is 5.70. The molecule has 562 valence electrons. The highest BCUT2D eigenvalue weighted by Gasteiger charge is 2.22. The third kappa shape index (κ3) is 79.0. The van der Waals surface area contributed by atoms with E-state index in [0.717, 1.165) is 44.9 Å². The van der Waals surface area contributed by atoms with E-state index in [2.05, 4.69) is 38.2 Å². The summed E-state index contributed by atoms with van der Waals surface area (Å²) >= 11 is 0. The average Bonchev–Trinajstić information content (AvgIpc) is 3.58. The van der Waals surface area contributed by atoms with E-state index < -0.39 is 24.3 Å². The van der Waals surface area contributed by atoms with Crippen molar-refractivity contribution in [3.8, 4) is 0 Å². The molecule has 9 heteroatoms. The van der Waals surface area contributed by atoms with E-state index in [1.807, 2.05) is 21.1 Å². The Hall–Kier alpha value is -2.23. The molecule has 0 fully saturated rings. The number of esters is 2. The first-order valence-corrected chi connectivity index (χ1v) is 42.5. The normalized spacial score (nSPS) is 12.6. The summed E-state index contributed by atoms with van der Waals surface area (Å²) in [7, 11) is 5.96. The molecule has 0 amide bonds. The summed E-state index contributed by atoms with van der Waals surface area (Å²) in [4.78, 5) is 37.6. The number of nitrogens with zero attached hydrogens (tertiary/aromatic N) is 1. The Bertz CT molecular complexity index is 1610. The largest absolute Gasteiger partial charge is 0.545 e. The highest BCUT2D eigenvalue weighted by Crippen LogP contribution is 2.21. The van der Waals surface area contributed by atoms with Crippen LogP contribution in [0.5, 0.6) is 0 Å². The first-order valence-electron chi connectivity index (χ1n) is 42.5. The van der Waals surface area contributed by atoms with Gasteiger partial charge in [-0.15, -0.1) is 0 Å². The smallest absolute Gasteiger partial charge is 0.306 e. The number of ether oxygens (including phenoxy) is 4. The lowest BCUT2D eigenvalue weighted by molar-refractivity contribution is -0.870. The molecule has 0 aliphatic rings. The minimum atomic E-state index is -1.62. The number of carbonyl (C=O) groups is 3. The molecule has 0 aromatic carbocycles. The number of aliphatic carboxylic acids is 1. The van der Waals surface area contributed by atoms with Crippen molar-refractivity contribution in [3.63, 3.8) is 0 Å². The maximum Gasteiger partial charge on any atom is 0.306 e. The zero-order valence-corrected chi connectivity index (χ0v) is 64.6. The quantitative estimate of drug-likeness (QED) is 0.0195. The molecule has 0 radical (unpaired) electrons. The minimum absolute atomic E-state index is 0.152. The zero-order chi connectivity index (χ0) is 69.0. The van der Waals surface area contributed by atoms with Crippen LogP contribution in [0.2, 0.25) is 0 Å². The molecule has 0 saturated carbocycles. The van der Waals surface area contributed by atoms with Crippen LogP contribution in [0.15, 0.2) is 24.3 Å². The monoisotopic (exact) mass is 1340 g/mol. The average molecular weight is 1340 g/mol. The van der Waals surface area contributed by atoms with Crippen molar-refractivity contribution in [2.75, 3.05) is 47.5 Å². The van der Waals surface area contributed by atoms with E-state index in [-0.39, 0.29) is 32.2 Å². The van der Waals surface area contributed by atoms with Gasteiger partial charge in [-0.2, -0.15) is 0 Å². The van der Waals surface area contributed by atoms with Crippen molar-refractivity contribution < 1.29 is 42.9 Å². The number of carboxylic acid groups (broad SMARTS) is 1. The Kier molecular flexibility index (Phi) is 75.7. The van der Waals surface area contributed by atoms with Crippen LogP contribution in [0, 0.1) is 0 Å². The Balaban J connectivity index is 3.92. The van der Waals surface area contributed by atoms with Crippen molar-refractivity contribution in [1.29, 1.82) is 0 Å². The highest BCUT2D eigenvalue weighted by atomic mass is 16.7. The standard InChI is InChI=1S/C86H165NO8/c1-6-8-10-12-14-16-18-20-22-24-26-28-30-32-34-36-38-40-42-44-46-48-50-52-54-56-58-60-62-64-66-68-70-72-74-76-83(88)93-80-82(81-94-86(85(90)91)92-79-78-87(3,4)5)95-84(89)77-75-73-71-69-67-65-63-61-59-57-55-53-51-49-47-45-43-41-39-37-35-33-31-29-27-25-23-21-19-17-15-13-11-9-7-2/h19,21,25,27,82,86H,6-18,20,22-24,26,28-81H2,1-5H3/b21-19-,27-25-. The lowest BCUT2D eigenvalue weighted by atomic mass is 10.0. The van der Waals surface area contributed by atoms with Gasteiger partial charge in [0.25, 0.3) is 0 Å². The van der Waals surface area contributed by atoms with Gasteiger partial charge in [-0.25, -0.2) is 0 Å². The SMILES string of the molecule is CCCCCCC/C=C\C/C=C\CCCCCCCCCCCCCCCCCCCCCCCCCC(=O)OC(COC(=O)CCCCCCCCCCCCCCCCCCCCCCCCCCCCCCCCCCCCC)COC(OCC[N+](C)(C)C)C(=O)[O-]. The van der Waals surface area contributed by atoms with Gasteiger partial charge >= 0.3 is 11.9 Å². The Labute approximate surface area is 592 Å². The molecule has 0 aliphatic carbocycles. The van der Waals surface area contributed by atoms with Crippen molar-refractivity contribution in [1.82, 2.24) is 0 Å². The fraction of sp³-hybridized carbons (Fsp3) is 0.919. The van der Waals surface area contributed by atoms with E-state index >= 15 is 0 Å². The Morgan fingerprint density at radius 2 is 0.568 bits per heavy atom. The number of carboxylic acids is 1. The summed E-state index contributed by atoms with van der Waals surface area (Å²) in [6, 6.07) is 0. The first-order chi connectivity index (χ1) is 46.6. The molecule has 0 aromatic heterocycles. The topological polar surface area (TPSA) is 111 Å². The van der Waals surface area contributed by atoms with Crippen molar-refractivity contribution in [2.45, 2.75) is 463 Å². The van der Waals surface area contributed by atoms with Gasteiger partial charge in [-0.1, -0.05) is 417 Å². The maximum absolute atomic E-state index is 13.0. The van der Waals surface area contributed by atoms with Gasteiger partial charge in [-0.05, 0) is 44.9 Å². The molecule has 2 unspecified atom stereocenters. The summed E-state index contributed by atoms with van der Waals surface area (Å²) in [6.45, 7) is 4.83. The molecule has 2 atom stereocenters. The Morgan fingerprint density at radius 3 is 0.832 bits per heavy atom. The van der Waals surface area contributed by atoms with Crippen molar-refractivity contribution >= 4 is 17.9 Å². The molecule has 0 bridgehead atoms. The lowest BCUT2D eigenvalue weighted by Gasteiger charge is -2.26. The van der Waals surface area contributed by atoms with E-state index in [1.54, 1.807) is 0 Å². The zero-order valence-electron chi connectivity index (χ0n) is 64.6. The number of carbonyl (C=O) groups excluding carboxylic acids is 3.